The average molecular weight is 355 g/mol. The van der Waals surface area contributed by atoms with Crippen LogP contribution < -0.4 is 10.6 Å². The van der Waals surface area contributed by atoms with Gasteiger partial charge >= 0.3 is 0 Å². The van der Waals surface area contributed by atoms with E-state index in [1.807, 2.05) is 0 Å². The Morgan fingerprint density at radius 2 is 2.12 bits per heavy atom. The molecule has 3 rings (SSSR count). The lowest BCUT2D eigenvalue weighted by atomic mass is 10.1. The van der Waals surface area contributed by atoms with Crippen molar-refractivity contribution in [2.45, 2.75) is 25.2 Å². The summed E-state index contributed by atoms with van der Waals surface area (Å²) in [5.74, 6) is -1.53. The predicted molar refractivity (Wildman–Crippen MR) is 88.0 cm³/mol. The van der Waals surface area contributed by atoms with Crippen LogP contribution in [0.4, 0.5) is 19.1 Å². The molecule has 0 unspecified atom stereocenters. The molecule has 2 aromatic rings. The van der Waals surface area contributed by atoms with Gasteiger partial charge in [0.15, 0.2) is 5.82 Å². The molecular weight excluding hydrogens is 335 g/mol. The second kappa shape index (κ2) is 6.55. The fraction of sp³-hybridized carbons (Fsp3) is 0.500. The molecule has 2 heterocycles. The Morgan fingerprint density at radius 1 is 1.40 bits per heavy atom. The van der Waals surface area contributed by atoms with Crippen LogP contribution in [0, 0.1) is 11.6 Å². The molecule has 0 aliphatic carbocycles. The Balaban J connectivity index is 2.10. The number of benzene rings is 1. The molecular formula is C16H20F3N5O. The van der Waals surface area contributed by atoms with E-state index >= 15 is 0 Å². The van der Waals surface area contributed by atoms with E-state index in [0.717, 1.165) is 12.1 Å². The molecule has 0 saturated carbocycles. The van der Waals surface area contributed by atoms with Crippen LogP contribution in [0.5, 0.6) is 0 Å². The standard InChI is InChI=1S/C16H20F3N5O/c1-22(2)14(25)8-24-13-6-9(17)5-11(19)15(13)21-16(24)23-4-3-10(18)12(20)7-23/h5-6,10,12H,3-4,7-8,20H2,1-2H3/t10-,12-/m1/s1. The summed E-state index contributed by atoms with van der Waals surface area (Å²) in [6.45, 7) is 0.385. The Kier molecular flexibility index (Phi) is 4.59. The van der Waals surface area contributed by atoms with Crippen molar-refractivity contribution in [2.75, 3.05) is 32.1 Å². The molecule has 0 bridgehead atoms. The smallest absolute Gasteiger partial charge is 0.242 e. The van der Waals surface area contributed by atoms with E-state index < -0.39 is 23.8 Å². The average Bonchev–Trinajstić information content (AvgIpc) is 2.89. The number of halogens is 3. The summed E-state index contributed by atoms with van der Waals surface area (Å²) in [6, 6.07) is 1.18. The van der Waals surface area contributed by atoms with Crippen molar-refractivity contribution in [3.63, 3.8) is 0 Å². The Morgan fingerprint density at radius 3 is 2.76 bits per heavy atom. The van der Waals surface area contributed by atoms with E-state index in [-0.39, 0.29) is 42.4 Å². The van der Waals surface area contributed by atoms with Gasteiger partial charge in [-0.2, -0.15) is 0 Å². The van der Waals surface area contributed by atoms with Crippen LogP contribution in [0.15, 0.2) is 12.1 Å². The second-order valence-electron chi connectivity index (χ2n) is 6.46. The van der Waals surface area contributed by atoms with Gasteiger partial charge in [-0.15, -0.1) is 0 Å². The summed E-state index contributed by atoms with van der Waals surface area (Å²) in [5.41, 5.74) is 5.94. The number of anilines is 1. The number of piperidine rings is 1. The number of alkyl halides is 1. The van der Waals surface area contributed by atoms with E-state index in [9.17, 15) is 18.0 Å². The zero-order valence-electron chi connectivity index (χ0n) is 14.0. The molecule has 6 nitrogen and oxygen atoms in total. The van der Waals surface area contributed by atoms with Crippen LogP contribution in [0.25, 0.3) is 11.0 Å². The van der Waals surface area contributed by atoms with E-state index in [1.165, 1.54) is 9.47 Å². The van der Waals surface area contributed by atoms with Crippen LogP contribution in [0.1, 0.15) is 6.42 Å². The van der Waals surface area contributed by atoms with Crippen molar-refractivity contribution < 1.29 is 18.0 Å². The molecule has 1 aliphatic rings. The third-order valence-corrected chi connectivity index (χ3v) is 4.40. The third-order valence-electron chi connectivity index (χ3n) is 4.40. The van der Waals surface area contributed by atoms with Gasteiger partial charge in [0.2, 0.25) is 11.9 Å². The first kappa shape index (κ1) is 17.5. The highest BCUT2D eigenvalue weighted by Gasteiger charge is 2.30. The van der Waals surface area contributed by atoms with Crippen LogP contribution >= 0.6 is 0 Å². The molecule has 25 heavy (non-hydrogen) atoms. The second-order valence-corrected chi connectivity index (χ2v) is 6.46. The minimum atomic E-state index is -1.12. The number of hydrogen-bond donors (Lipinski definition) is 1. The largest absolute Gasteiger partial charge is 0.347 e. The van der Waals surface area contributed by atoms with Crippen molar-refractivity contribution in [1.82, 2.24) is 14.5 Å². The van der Waals surface area contributed by atoms with E-state index in [1.54, 1.807) is 19.0 Å². The topological polar surface area (TPSA) is 67.4 Å². The minimum Gasteiger partial charge on any atom is -0.347 e. The summed E-state index contributed by atoms with van der Waals surface area (Å²) in [7, 11) is 3.18. The number of amides is 1. The maximum atomic E-state index is 14.1. The molecule has 0 spiro atoms. The van der Waals surface area contributed by atoms with E-state index in [0.29, 0.717) is 6.54 Å². The molecule has 2 atom stereocenters. The molecule has 9 heteroatoms. The third kappa shape index (κ3) is 3.28. The van der Waals surface area contributed by atoms with E-state index in [2.05, 4.69) is 4.98 Å². The molecule has 0 radical (unpaired) electrons. The number of nitrogens with two attached hydrogens (primary N) is 1. The van der Waals surface area contributed by atoms with E-state index in [4.69, 9.17) is 5.73 Å². The van der Waals surface area contributed by atoms with Crippen molar-refractivity contribution in [2.24, 2.45) is 5.73 Å². The van der Waals surface area contributed by atoms with Crippen LogP contribution in [0.3, 0.4) is 0 Å². The van der Waals surface area contributed by atoms with Crippen molar-refractivity contribution >= 4 is 22.9 Å². The Labute approximate surface area is 143 Å². The highest BCUT2D eigenvalue weighted by molar-refractivity contribution is 5.83. The molecule has 1 aromatic heterocycles. The maximum Gasteiger partial charge on any atom is 0.242 e. The monoisotopic (exact) mass is 355 g/mol. The molecule has 136 valence electrons. The molecule has 1 aromatic carbocycles. The number of rotatable bonds is 3. The SMILES string of the molecule is CN(C)C(=O)Cn1c(N2CC[C@@H](F)[C@H](N)C2)nc2c(F)cc(F)cc21. The maximum absolute atomic E-state index is 14.1. The first-order chi connectivity index (χ1) is 11.8. The number of fused-ring (bicyclic) bond motifs is 1. The van der Waals surface area contributed by atoms with Gasteiger partial charge in [0.05, 0.1) is 11.6 Å². The first-order valence-electron chi connectivity index (χ1n) is 7.98. The summed E-state index contributed by atoms with van der Waals surface area (Å²) < 4.78 is 42.9. The number of carbonyl (C=O) groups excluding carboxylic acids is 1. The summed E-state index contributed by atoms with van der Waals surface area (Å²) >= 11 is 0. The fourth-order valence-electron chi connectivity index (χ4n) is 2.95. The summed E-state index contributed by atoms with van der Waals surface area (Å²) in [5, 5.41) is 0. The molecule has 1 saturated heterocycles. The van der Waals surface area contributed by atoms with Gasteiger partial charge in [0.25, 0.3) is 0 Å². The highest BCUT2D eigenvalue weighted by Crippen LogP contribution is 2.28. The van der Waals surface area contributed by atoms with Gasteiger partial charge in [-0.3, -0.25) is 4.79 Å². The summed E-state index contributed by atoms with van der Waals surface area (Å²) in [4.78, 5) is 19.5. The highest BCUT2D eigenvalue weighted by atomic mass is 19.1. The van der Waals surface area contributed by atoms with Crippen LogP contribution in [-0.4, -0.2) is 59.8 Å². The molecule has 1 amide bonds. The number of hydrogen-bond acceptors (Lipinski definition) is 4. The lowest BCUT2D eigenvalue weighted by molar-refractivity contribution is -0.129. The fourth-order valence-corrected chi connectivity index (χ4v) is 2.95. The molecule has 1 aliphatic heterocycles. The Bertz CT molecular complexity index is 807. The minimum absolute atomic E-state index is 0.0288. The number of imidazole rings is 1. The number of nitrogens with zero attached hydrogens (tertiary/aromatic N) is 4. The van der Waals surface area contributed by atoms with Gasteiger partial charge in [0.1, 0.15) is 24.1 Å². The Hall–Kier alpha value is -2.29. The normalized spacial score (nSPS) is 21.0. The van der Waals surface area contributed by atoms with Crippen molar-refractivity contribution in [1.29, 1.82) is 0 Å². The quantitative estimate of drug-likeness (QED) is 0.901. The molecule has 2 N–H and O–H groups in total. The van der Waals surface area contributed by atoms with Crippen molar-refractivity contribution in [3.8, 4) is 0 Å². The zero-order valence-corrected chi connectivity index (χ0v) is 14.0. The lowest BCUT2D eigenvalue weighted by Gasteiger charge is -2.34. The number of likely N-dealkylation sites (N-methyl/N-ethyl adjacent to an activating group) is 1. The first-order valence-corrected chi connectivity index (χ1v) is 7.98. The summed E-state index contributed by atoms with van der Waals surface area (Å²) in [6.07, 6.45) is -0.908. The zero-order chi connectivity index (χ0) is 18.3. The molecule has 1 fully saturated rings. The van der Waals surface area contributed by atoms with Gasteiger partial charge in [-0.1, -0.05) is 0 Å². The van der Waals surface area contributed by atoms with Gasteiger partial charge in [-0.05, 0) is 6.42 Å². The van der Waals surface area contributed by atoms with Gasteiger partial charge < -0.3 is 20.1 Å². The van der Waals surface area contributed by atoms with Crippen LogP contribution in [0.2, 0.25) is 0 Å². The number of carbonyl (C=O) groups is 1. The van der Waals surface area contributed by atoms with Gasteiger partial charge in [-0.25, -0.2) is 18.2 Å². The number of aromatic nitrogens is 2. The van der Waals surface area contributed by atoms with Crippen molar-refractivity contribution in [3.05, 3.63) is 23.8 Å². The predicted octanol–water partition coefficient (Wildman–Crippen LogP) is 1.28. The lowest BCUT2D eigenvalue weighted by Crippen LogP contribution is -2.50. The van der Waals surface area contributed by atoms with Gasteiger partial charge in [0, 0.05) is 39.3 Å². The van der Waals surface area contributed by atoms with Crippen LogP contribution in [-0.2, 0) is 11.3 Å².